The molecule has 0 saturated carbocycles. The van der Waals surface area contributed by atoms with Crippen molar-refractivity contribution in [2.24, 2.45) is 11.8 Å². The van der Waals surface area contributed by atoms with Crippen LogP contribution < -0.4 is 5.32 Å². The molecule has 0 aliphatic rings. The Kier molecular flexibility index (Phi) is 6.05. The van der Waals surface area contributed by atoms with E-state index in [9.17, 15) is 9.59 Å². The predicted molar refractivity (Wildman–Crippen MR) is 71.1 cm³/mol. The molecule has 4 heteroatoms. The van der Waals surface area contributed by atoms with Crippen LogP contribution in [0.4, 0.5) is 5.82 Å². The molecule has 0 saturated heterocycles. The topological polar surface area (TPSA) is 59.1 Å². The van der Waals surface area contributed by atoms with Crippen molar-refractivity contribution < 1.29 is 9.59 Å². The molecule has 98 valence electrons. The Bertz CT molecular complexity index is 379. The third-order valence-corrected chi connectivity index (χ3v) is 2.92. The summed E-state index contributed by atoms with van der Waals surface area (Å²) in [4.78, 5) is 26.5. The number of pyridine rings is 1. The number of nitrogens with one attached hydrogen (secondary N) is 1. The summed E-state index contributed by atoms with van der Waals surface area (Å²) in [5.41, 5.74) is 0. The average molecular weight is 248 g/mol. The molecule has 0 radical (unpaired) electrons. The first kappa shape index (κ1) is 14.4. The van der Waals surface area contributed by atoms with E-state index in [-0.39, 0.29) is 17.7 Å². The molecule has 4 nitrogen and oxygen atoms in total. The minimum atomic E-state index is -0.0429. The normalized spacial score (nSPS) is 13.7. The Labute approximate surface area is 108 Å². The molecule has 18 heavy (non-hydrogen) atoms. The van der Waals surface area contributed by atoms with Crippen LogP contribution in [0.1, 0.15) is 33.1 Å². The number of nitrogens with zero attached hydrogens (tertiary/aromatic N) is 1. The largest absolute Gasteiger partial charge is 0.311 e. The maximum Gasteiger partial charge on any atom is 0.225 e. The molecular weight excluding hydrogens is 228 g/mol. The second-order valence-electron chi connectivity index (χ2n) is 4.59. The number of hydrogen-bond acceptors (Lipinski definition) is 3. The highest BCUT2D eigenvalue weighted by molar-refractivity contribution is 5.89. The van der Waals surface area contributed by atoms with Crippen molar-refractivity contribution in [3.63, 3.8) is 0 Å². The quantitative estimate of drug-likeness (QED) is 0.755. The Balaban J connectivity index is 2.45. The van der Waals surface area contributed by atoms with Crippen molar-refractivity contribution in [3.05, 3.63) is 24.4 Å². The smallest absolute Gasteiger partial charge is 0.225 e. The monoisotopic (exact) mass is 248 g/mol. The number of rotatable bonds is 7. The lowest BCUT2D eigenvalue weighted by Crippen LogP contribution is -2.18. The molecular formula is C14H20N2O2. The minimum Gasteiger partial charge on any atom is -0.311 e. The molecule has 0 aliphatic carbocycles. The summed E-state index contributed by atoms with van der Waals surface area (Å²) in [5, 5.41) is 2.76. The van der Waals surface area contributed by atoms with Crippen molar-refractivity contribution in [1.29, 1.82) is 0 Å². The van der Waals surface area contributed by atoms with Crippen molar-refractivity contribution in [2.75, 3.05) is 5.32 Å². The summed E-state index contributed by atoms with van der Waals surface area (Å²) >= 11 is 0. The van der Waals surface area contributed by atoms with Gasteiger partial charge in [-0.05, 0) is 24.5 Å². The molecule has 2 atom stereocenters. The minimum absolute atomic E-state index is 0.0117. The Morgan fingerprint density at radius 2 is 2.28 bits per heavy atom. The van der Waals surface area contributed by atoms with Gasteiger partial charge in [-0.2, -0.15) is 0 Å². The van der Waals surface area contributed by atoms with Gasteiger partial charge in [-0.1, -0.05) is 26.3 Å². The van der Waals surface area contributed by atoms with E-state index < -0.39 is 0 Å². The predicted octanol–water partition coefficient (Wildman–Crippen LogP) is 2.66. The molecule has 1 rings (SSSR count). The maximum absolute atomic E-state index is 11.8. The third-order valence-electron chi connectivity index (χ3n) is 2.92. The van der Waals surface area contributed by atoms with Gasteiger partial charge in [0.05, 0.1) is 0 Å². The Hall–Kier alpha value is -1.71. The summed E-state index contributed by atoms with van der Waals surface area (Å²) in [7, 11) is 0. The van der Waals surface area contributed by atoms with Crippen LogP contribution in [0.2, 0.25) is 0 Å². The van der Waals surface area contributed by atoms with E-state index in [1.54, 1.807) is 18.3 Å². The van der Waals surface area contributed by atoms with Gasteiger partial charge < -0.3 is 10.1 Å². The molecule has 0 spiro atoms. The number of carbonyl (C=O) groups is 2. The number of amides is 1. The zero-order chi connectivity index (χ0) is 13.4. The first-order chi connectivity index (χ1) is 8.65. The number of hydrogen-bond donors (Lipinski definition) is 1. The standard InChI is InChI=1S/C14H20N2O2/c1-3-12(8-11(2)10-17)9-14(18)16-13-6-4-5-7-15-13/h4-7,10-12H,3,8-9H2,1-2H3,(H,15,16,18). The molecule has 0 aromatic carbocycles. The van der Waals surface area contributed by atoms with Crippen LogP contribution in [-0.2, 0) is 9.59 Å². The lowest BCUT2D eigenvalue weighted by atomic mass is 9.91. The highest BCUT2D eigenvalue weighted by Crippen LogP contribution is 2.18. The van der Waals surface area contributed by atoms with Crippen LogP contribution in [0.25, 0.3) is 0 Å². The first-order valence-corrected chi connectivity index (χ1v) is 6.31. The SMILES string of the molecule is CCC(CC(=O)Nc1ccccn1)CC(C)C=O. The molecule has 1 heterocycles. The van der Waals surface area contributed by atoms with Gasteiger partial charge in [0.25, 0.3) is 0 Å². The van der Waals surface area contributed by atoms with Gasteiger partial charge in [-0.15, -0.1) is 0 Å². The lowest BCUT2D eigenvalue weighted by molar-refractivity contribution is -0.118. The van der Waals surface area contributed by atoms with Crippen LogP contribution >= 0.6 is 0 Å². The van der Waals surface area contributed by atoms with Crippen molar-refractivity contribution in [1.82, 2.24) is 4.98 Å². The van der Waals surface area contributed by atoms with Crippen molar-refractivity contribution in [3.8, 4) is 0 Å². The first-order valence-electron chi connectivity index (χ1n) is 6.31. The molecule has 0 bridgehead atoms. The van der Waals surface area contributed by atoms with E-state index in [1.165, 1.54) is 0 Å². The van der Waals surface area contributed by atoms with Gasteiger partial charge in [-0.3, -0.25) is 4.79 Å². The van der Waals surface area contributed by atoms with Crippen LogP contribution in [0.5, 0.6) is 0 Å². The van der Waals surface area contributed by atoms with Crippen LogP contribution in [0.3, 0.4) is 0 Å². The Morgan fingerprint density at radius 1 is 1.50 bits per heavy atom. The molecule has 1 aromatic rings. The fourth-order valence-electron chi connectivity index (χ4n) is 1.87. The van der Waals surface area contributed by atoms with E-state index in [0.29, 0.717) is 12.2 Å². The highest BCUT2D eigenvalue weighted by Gasteiger charge is 2.15. The number of aldehydes is 1. The van der Waals surface area contributed by atoms with Gasteiger partial charge in [-0.25, -0.2) is 4.98 Å². The summed E-state index contributed by atoms with van der Waals surface area (Å²) in [6, 6.07) is 5.39. The number of anilines is 1. The number of aromatic nitrogens is 1. The van der Waals surface area contributed by atoms with Gasteiger partial charge in [0.1, 0.15) is 12.1 Å². The number of carbonyl (C=O) groups excluding carboxylic acids is 2. The molecule has 1 N–H and O–H groups in total. The summed E-state index contributed by atoms with van der Waals surface area (Å²) in [6.07, 6.45) is 4.68. The summed E-state index contributed by atoms with van der Waals surface area (Å²) in [5.74, 6) is 0.783. The van der Waals surface area contributed by atoms with Gasteiger partial charge >= 0.3 is 0 Å². The highest BCUT2D eigenvalue weighted by atomic mass is 16.1. The van der Waals surface area contributed by atoms with E-state index in [1.807, 2.05) is 19.9 Å². The Morgan fingerprint density at radius 3 is 2.83 bits per heavy atom. The molecule has 0 aliphatic heterocycles. The zero-order valence-electron chi connectivity index (χ0n) is 10.9. The third kappa shape index (κ3) is 5.08. The van der Waals surface area contributed by atoms with Gasteiger partial charge in [0, 0.05) is 18.5 Å². The molecule has 2 unspecified atom stereocenters. The van der Waals surface area contributed by atoms with E-state index >= 15 is 0 Å². The second kappa shape index (κ2) is 7.58. The molecule has 0 fully saturated rings. The fraction of sp³-hybridized carbons (Fsp3) is 0.500. The maximum atomic E-state index is 11.8. The molecule has 1 aromatic heterocycles. The molecule has 1 amide bonds. The van der Waals surface area contributed by atoms with Crippen LogP contribution in [-0.4, -0.2) is 17.2 Å². The summed E-state index contributed by atoms with van der Waals surface area (Å²) in [6.45, 7) is 3.92. The van der Waals surface area contributed by atoms with Gasteiger partial charge in [0.2, 0.25) is 5.91 Å². The van der Waals surface area contributed by atoms with Gasteiger partial charge in [0.15, 0.2) is 0 Å². The zero-order valence-corrected chi connectivity index (χ0v) is 10.9. The van der Waals surface area contributed by atoms with E-state index in [2.05, 4.69) is 10.3 Å². The summed E-state index contributed by atoms with van der Waals surface area (Å²) < 4.78 is 0. The van der Waals surface area contributed by atoms with Crippen LogP contribution in [0.15, 0.2) is 24.4 Å². The van der Waals surface area contributed by atoms with Crippen molar-refractivity contribution in [2.45, 2.75) is 33.1 Å². The average Bonchev–Trinajstić information content (AvgIpc) is 2.38. The second-order valence-corrected chi connectivity index (χ2v) is 4.59. The van der Waals surface area contributed by atoms with E-state index in [0.717, 1.165) is 19.1 Å². The van der Waals surface area contributed by atoms with Crippen molar-refractivity contribution >= 4 is 18.0 Å². The lowest BCUT2D eigenvalue weighted by Gasteiger charge is -2.15. The van der Waals surface area contributed by atoms with E-state index in [4.69, 9.17) is 0 Å². The fourth-order valence-corrected chi connectivity index (χ4v) is 1.87. The van der Waals surface area contributed by atoms with Crippen LogP contribution in [0, 0.1) is 11.8 Å².